The van der Waals surface area contributed by atoms with E-state index in [2.05, 4.69) is 57.9 Å². The Hall–Kier alpha value is -13.3. The van der Waals surface area contributed by atoms with Crippen LogP contribution >= 0.6 is 23.2 Å². The molecule has 0 aliphatic carbocycles. The number of phenolic OH excluding ortho intramolecular Hbond substituents is 4. The van der Waals surface area contributed by atoms with Crippen molar-refractivity contribution in [1.29, 1.82) is 0 Å². The van der Waals surface area contributed by atoms with Gasteiger partial charge in [-0.3, -0.25) is 43.2 Å². The van der Waals surface area contributed by atoms with Crippen LogP contribution in [0.2, 0.25) is 10.0 Å². The summed E-state index contributed by atoms with van der Waals surface area (Å²) in [5.41, 5.74) is 7.84. The summed E-state index contributed by atoms with van der Waals surface area (Å²) in [6.45, 7) is 5.17. The molecular weight excluding hydrogens is 1820 g/mol. The van der Waals surface area contributed by atoms with Crippen LogP contribution in [-0.4, -0.2) is 220 Å². The number of fused-ring (bicyclic) bond motifs is 15. The van der Waals surface area contributed by atoms with Crippen molar-refractivity contribution in [2.45, 2.75) is 182 Å². The predicted octanol–water partition coefficient (Wildman–Crippen LogP) is 4.30. The Balaban J connectivity index is 0.939. The number of primary amides is 1. The summed E-state index contributed by atoms with van der Waals surface area (Å²) in [5, 5.41) is 152. The summed E-state index contributed by atoms with van der Waals surface area (Å²) in [7, 11) is 1.45. The second-order valence-corrected chi connectivity index (χ2v) is 34.2. The highest BCUT2D eigenvalue weighted by atomic mass is 35.5. The van der Waals surface area contributed by atoms with Gasteiger partial charge < -0.3 is 154 Å². The molecule has 7 aliphatic rings. The Morgan fingerprint density at radius 1 is 0.652 bits per heavy atom. The number of benzene rings is 8. The Morgan fingerprint density at radius 2 is 1.28 bits per heavy atom. The number of ether oxygens (including phenoxy) is 7. The molecule has 0 aromatic heterocycles. The molecule has 7 aliphatic heterocycles. The number of likely N-dealkylation sites (N-methyl/N-ethyl adjacent to an activating group) is 1. The minimum Gasteiger partial charge on any atom is -0.508 e. The summed E-state index contributed by atoms with van der Waals surface area (Å²) < 4.78 is 83.7. The fourth-order valence-corrected chi connectivity index (χ4v) is 16.6. The first-order chi connectivity index (χ1) is 63.8. The lowest BCUT2D eigenvalue weighted by molar-refractivity contribution is -0.334. The van der Waals surface area contributed by atoms with Gasteiger partial charge in [0.2, 0.25) is 59.3 Å². The molecule has 2 saturated heterocycles. The minimum atomic E-state index is -5.12. The lowest BCUT2D eigenvalue weighted by Gasteiger charge is -2.48. The highest BCUT2D eigenvalue weighted by Gasteiger charge is 2.53. The number of carbonyl (C=O) groups is 10. The van der Waals surface area contributed by atoms with E-state index in [1.54, 1.807) is 26.0 Å². The van der Waals surface area contributed by atoms with Crippen LogP contribution in [0, 0.1) is 5.92 Å². The van der Waals surface area contributed by atoms with E-state index in [0.29, 0.717) is 5.56 Å². The number of aromatic hydroxyl groups is 4. The maximum atomic E-state index is 16.3. The zero-order chi connectivity index (χ0) is 97.8. The van der Waals surface area contributed by atoms with Crippen LogP contribution in [0.3, 0.4) is 0 Å². The van der Waals surface area contributed by atoms with Gasteiger partial charge >= 0.3 is 12.3 Å². The van der Waals surface area contributed by atoms with E-state index in [1.807, 2.05) is 0 Å². The van der Waals surface area contributed by atoms with Gasteiger partial charge in [0, 0.05) is 58.2 Å². The van der Waals surface area contributed by atoms with Crippen molar-refractivity contribution < 1.29 is 150 Å². The molecule has 135 heavy (non-hydrogen) atoms. The molecule has 40 nitrogen and oxygen atoms in total. The van der Waals surface area contributed by atoms with Gasteiger partial charge in [-0.25, -0.2) is 4.79 Å². The molecule has 19 atom stereocenters. The van der Waals surface area contributed by atoms with E-state index in [4.69, 9.17) is 63.1 Å². The van der Waals surface area contributed by atoms with Crippen LogP contribution in [0.4, 0.5) is 24.5 Å². The fraction of sp³-hybridized carbons (Fsp3) is 0.356. The van der Waals surface area contributed by atoms with Crippen molar-refractivity contribution in [3.05, 3.63) is 200 Å². The number of alkyl halides is 3. The van der Waals surface area contributed by atoms with E-state index in [1.165, 1.54) is 63.4 Å². The lowest BCUT2D eigenvalue weighted by atomic mass is 9.84. The maximum Gasteiger partial charge on any atom is 0.573 e. The molecule has 0 saturated carbocycles. The SMILES string of the molecule is CN[C@@H](CC(C)C)C(=O)N[C@H]1C(=O)N[C@@H](CC(N)=O)C(=O)NC2C(=O)N[C@@H]3C(=O)N[C@@H](C(=O)N[C@@H](C(=O)O)c4cc(O)cc(O)c4-c4cc3ccc4O)[C@H](O)c3ccc(c(Cl)c3)Oc3cc2cc(c3OC2O[C@@H](CO)[C@@H](O)[C@@H](O)[C@H]2O[C@H]2C[C@@](C)(NCc3cc(NC(=O)c4cccc(OC(F)(F)F)c4)cc(NC(=O)C(N)Cc4ccc(O)cc4)c3)[C@@H](O)[C@@H](C)O2)Oc2ccc(cc2Cl)[C@H]1O. The van der Waals surface area contributed by atoms with Crippen molar-refractivity contribution in [2.24, 2.45) is 17.4 Å². The monoisotopic (exact) mass is 1920 g/mol. The summed E-state index contributed by atoms with van der Waals surface area (Å²) in [6, 6.07) is 11.3. The van der Waals surface area contributed by atoms with Gasteiger partial charge in [0.25, 0.3) is 5.91 Å². The van der Waals surface area contributed by atoms with Gasteiger partial charge in [-0.2, -0.15) is 0 Å². The van der Waals surface area contributed by atoms with Crippen LogP contribution in [-0.2, 0) is 70.3 Å². The Kier molecular flexibility index (Phi) is 30.4. The highest BCUT2D eigenvalue weighted by molar-refractivity contribution is 6.32. The lowest BCUT2D eigenvalue weighted by Crippen LogP contribution is -2.65. The molecule has 0 spiro atoms. The van der Waals surface area contributed by atoms with Crippen LogP contribution in [0.25, 0.3) is 11.1 Å². The molecule has 11 bridgehead atoms. The highest BCUT2D eigenvalue weighted by Crippen LogP contribution is 2.51. The molecule has 0 radical (unpaired) electrons. The quantitative estimate of drug-likeness (QED) is 0.0424. The second kappa shape index (κ2) is 41.3. The molecule has 3 unspecified atom stereocenters. The van der Waals surface area contributed by atoms with E-state index in [9.17, 15) is 93.3 Å². The Bertz CT molecular complexity index is 5890. The third kappa shape index (κ3) is 23.1. The Morgan fingerprint density at radius 3 is 1.90 bits per heavy atom. The topological polar surface area (TPSA) is 630 Å². The fourth-order valence-electron chi connectivity index (χ4n) is 16.1. The number of amides is 9. The van der Waals surface area contributed by atoms with Crippen molar-refractivity contribution in [2.75, 3.05) is 24.3 Å². The van der Waals surface area contributed by atoms with E-state index in [-0.39, 0.29) is 64.7 Å². The number of carboxylic acid groups (broad SMARTS) is 1. The number of aliphatic hydroxyl groups is 6. The molecule has 25 N–H and O–H groups in total. The van der Waals surface area contributed by atoms with Crippen molar-refractivity contribution in [3.8, 4) is 68.6 Å². The van der Waals surface area contributed by atoms with Gasteiger partial charge in [-0.15, -0.1) is 13.2 Å². The first-order valence-corrected chi connectivity index (χ1v) is 42.7. The number of nitrogens with two attached hydrogens (primary N) is 2. The number of hydrogen-bond donors (Lipinski definition) is 23. The number of aliphatic hydroxyl groups excluding tert-OH is 6. The zero-order valence-corrected chi connectivity index (χ0v) is 73.5. The predicted molar refractivity (Wildman–Crippen MR) is 468 cm³/mol. The van der Waals surface area contributed by atoms with Crippen LogP contribution in [0.15, 0.2) is 146 Å². The van der Waals surface area contributed by atoms with Gasteiger partial charge in [-0.1, -0.05) is 73.4 Å². The van der Waals surface area contributed by atoms with Crippen LogP contribution < -0.4 is 83.6 Å². The number of rotatable bonds is 23. The molecule has 45 heteroatoms. The van der Waals surface area contributed by atoms with E-state index in [0.717, 1.165) is 91.0 Å². The standard InChI is InChI=1S/C90H95Cl2F3N12O28/c1-36(2)19-55(98-5)81(121)106-70-72(114)41-12-17-59(52(91)25-41)130-61-27-44-28-62(131-60-18-13-42(26-53(60)92)73(115)71-86(126)105-69(87(127)128)51-30-48(110)31-58(112)66(51)50-24-40(11-16-57(50)111)67(83(123)107-71)104-84(124)68(44)103-82(122)56(32-64(97)113)102-85(70)125)76(61)134-88-77(75(117)74(116)63(35-108)132-88)133-65-33-89(4,78(118)37(3)129-65)99-34-39-20-45(100-79(119)43-7-6-8-49(23-43)135-90(93,94)95)29-46(21-39)101-80(120)54(96)22-38-9-14-47(109)15-10-38/h6-18,20-21,23-31,36-37,54-56,63,65,67-75,77-78,88,98-99,108-112,114-118H,19,22,32-35,96H2,1-5H3,(H2,97,113)(H,100,119)(H,101,120)(H,102,125)(H,103,122)(H,104,124)(H,105,126)(H,106,121)(H,107,123)(H,127,128)/t37-,54?,55+,56+,63+,65+,67+,68?,69-,70-,71-,72-,73-,74-,75-,77-,78+,88?,89-/m1/s1. The number of carboxylic acids is 1. The van der Waals surface area contributed by atoms with Crippen molar-refractivity contribution in [3.63, 3.8) is 0 Å². The molecular formula is C90H95Cl2F3N12O28. The second-order valence-electron chi connectivity index (χ2n) is 33.4. The number of phenols is 4. The maximum absolute atomic E-state index is 16.3. The van der Waals surface area contributed by atoms with E-state index >= 15 is 24.0 Å². The zero-order valence-electron chi connectivity index (χ0n) is 72.0. The number of carbonyl (C=O) groups excluding carboxylic acids is 9. The van der Waals surface area contributed by atoms with Crippen LogP contribution in [0.5, 0.6) is 57.5 Å². The number of nitrogens with one attached hydrogen (secondary N) is 10. The summed E-state index contributed by atoms with van der Waals surface area (Å²) in [5.74, 6) is -19.5. The average molecular weight is 1920 g/mol. The third-order valence-electron chi connectivity index (χ3n) is 23.0. The molecule has 9 amide bonds. The molecule has 15 rings (SSSR count). The third-order valence-corrected chi connectivity index (χ3v) is 23.6. The number of anilines is 2. The number of hydrogen-bond acceptors (Lipinski definition) is 30. The average Bonchev–Trinajstić information content (AvgIpc) is 0.761. The van der Waals surface area contributed by atoms with Crippen LogP contribution in [0.1, 0.15) is 127 Å². The van der Waals surface area contributed by atoms with E-state index < -0.39 is 290 Å². The normalized spacial score (nSPS) is 25.2. The number of aliphatic carboxylic acids is 1. The summed E-state index contributed by atoms with van der Waals surface area (Å²) >= 11 is 14.3. The largest absolute Gasteiger partial charge is 0.573 e. The van der Waals surface area contributed by atoms with Crippen molar-refractivity contribution in [1.82, 2.24) is 42.5 Å². The minimum absolute atomic E-state index is 0.0187. The molecule has 8 aromatic rings. The molecule has 2 fully saturated rings. The molecule has 718 valence electrons. The van der Waals surface area contributed by atoms with Gasteiger partial charge in [0.1, 0.15) is 101 Å². The first kappa shape index (κ1) is 99.2. The summed E-state index contributed by atoms with van der Waals surface area (Å²) in [4.78, 5) is 146. The van der Waals surface area contributed by atoms with Gasteiger partial charge in [0.05, 0.1) is 47.4 Å². The first-order valence-electron chi connectivity index (χ1n) is 41.9. The Labute approximate surface area is 775 Å². The molecule has 7 heterocycles. The summed E-state index contributed by atoms with van der Waals surface area (Å²) in [6.07, 6.45) is -25.9. The smallest absolute Gasteiger partial charge is 0.508 e. The van der Waals surface area contributed by atoms with Gasteiger partial charge in [0.15, 0.2) is 29.9 Å². The molecule has 8 aromatic carbocycles. The number of halogens is 5. The van der Waals surface area contributed by atoms with Gasteiger partial charge in [-0.05, 0) is 176 Å². The van der Waals surface area contributed by atoms with Crippen molar-refractivity contribution >= 4 is 93.7 Å².